The van der Waals surface area contributed by atoms with E-state index in [1.165, 1.54) is 0 Å². The Balaban J connectivity index is 1.75. The van der Waals surface area contributed by atoms with Crippen LogP contribution in [0.3, 0.4) is 0 Å². The number of hydrogen-bond donors (Lipinski definition) is 1. The Morgan fingerprint density at radius 3 is 2.79 bits per heavy atom. The predicted octanol–water partition coefficient (Wildman–Crippen LogP) is 1.62. The van der Waals surface area contributed by atoms with Crippen LogP contribution in [-0.4, -0.2) is 48.2 Å². The minimum atomic E-state index is -0.704. The van der Waals surface area contributed by atoms with Crippen LogP contribution in [0.25, 0.3) is 0 Å². The van der Waals surface area contributed by atoms with Gasteiger partial charge in [0, 0.05) is 6.54 Å². The maximum absolute atomic E-state index is 12.6. The van der Waals surface area contributed by atoms with Gasteiger partial charge in [0.05, 0.1) is 12.6 Å². The van der Waals surface area contributed by atoms with Crippen LogP contribution in [0.1, 0.15) is 38.4 Å². The highest BCUT2D eigenvalue weighted by Crippen LogP contribution is 2.33. The molecule has 2 heterocycles. The third kappa shape index (κ3) is 3.60. The predicted molar refractivity (Wildman–Crippen MR) is 88.0 cm³/mol. The van der Waals surface area contributed by atoms with Crippen LogP contribution in [0.15, 0.2) is 30.3 Å². The van der Waals surface area contributed by atoms with Crippen molar-refractivity contribution in [3.63, 3.8) is 0 Å². The number of amides is 2. The number of likely N-dealkylation sites (tertiary alicyclic amines) is 1. The molecule has 2 aliphatic heterocycles. The fourth-order valence-electron chi connectivity index (χ4n) is 3.34. The lowest BCUT2D eigenvalue weighted by molar-refractivity contribution is -0.284. The second kappa shape index (κ2) is 6.91. The van der Waals surface area contributed by atoms with Gasteiger partial charge in [0.15, 0.2) is 5.79 Å². The number of carbonyl (C=O) groups excluding carboxylic acids is 2. The molecular formula is C18H24N2O4. The van der Waals surface area contributed by atoms with E-state index in [0.29, 0.717) is 19.6 Å². The van der Waals surface area contributed by atoms with Gasteiger partial charge in [-0.1, -0.05) is 30.3 Å². The Bertz CT molecular complexity index is 590. The summed E-state index contributed by atoms with van der Waals surface area (Å²) >= 11 is 0. The van der Waals surface area contributed by atoms with Crippen molar-refractivity contribution < 1.29 is 19.1 Å². The van der Waals surface area contributed by atoms with Gasteiger partial charge < -0.3 is 19.7 Å². The molecule has 0 radical (unpaired) electrons. The van der Waals surface area contributed by atoms with Crippen LogP contribution in [0.2, 0.25) is 0 Å². The minimum Gasteiger partial charge on any atom is -0.348 e. The van der Waals surface area contributed by atoms with E-state index >= 15 is 0 Å². The molecule has 1 N–H and O–H groups in total. The SMILES string of the molecule is CC1(C)OC[C@@H](NC(=O)[C@@H]2CCCN2C=O)[C@H](c2ccccc2)O1. The van der Waals surface area contributed by atoms with E-state index in [4.69, 9.17) is 9.47 Å². The van der Waals surface area contributed by atoms with Gasteiger partial charge in [0.25, 0.3) is 0 Å². The average Bonchev–Trinajstić information content (AvgIpc) is 3.06. The van der Waals surface area contributed by atoms with Crippen LogP contribution in [0, 0.1) is 0 Å². The Morgan fingerprint density at radius 1 is 1.33 bits per heavy atom. The smallest absolute Gasteiger partial charge is 0.243 e. The van der Waals surface area contributed by atoms with Gasteiger partial charge in [-0.2, -0.15) is 0 Å². The molecule has 0 bridgehead atoms. The number of ether oxygens (including phenoxy) is 2. The van der Waals surface area contributed by atoms with Crippen LogP contribution in [0.5, 0.6) is 0 Å². The van der Waals surface area contributed by atoms with Gasteiger partial charge in [-0.25, -0.2) is 0 Å². The fourth-order valence-corrected chi connectivity index (χ4v) is 3.34. The van der Waals surface area contributed by atoms with Crippen molar-refractivity contribution in [2.45, 2.75) is 50.7 Å². The van der Waals surface area contributed by atoms with E-state index in [9.17, 15) is 9.59 Å². The molecule has 0 aromatic heterocycles. The highest BCUT2D eigenvalue weighted by molar-refractivity contribution is 5.84. The van der Waals surface area contributed by atoms with Gasteiger partial charge in [0.2, 0.25) is 12.3 Å². The lowest BCUT2D eigenvalue weighted by Gasteiger charge is -2.42. The maximum Gasteiger partial charge on any atom is 0.243 e. The maximum atomic E-state index is 12.6. The molecule has 2 saturated heterocycles. The summed E-state index contributed by atoms with van der Waals surface area (Å²) in [5.74, 6) is -0.846. The van der Waals surface area contributed by atoms with Crippen LogP contribution < -0.4 is 5.32 Å². The first-order chi connectivity index (χ1) is 11.5. The second-order valence-corrected chi connectivity index (χ2v) is 6.78. The Kier molecular flexibility index (Phi) is 4.87. The van der Waals surface area contributed by atoms with Gasteiger partial charge >= 0.3 is 0 Å². The highest BCUT2D eigenvalue weighted by atomic mass is 16.7. The van der Waals surface area contributed by atoms with Crippen molar-refractivity contribution in [3.05, 3.63) is 35.9 Å². The third-order valence-electron chi connectivity index (χ3n) is 4.57. The molecule has 2 amide bonds. The first-order valence-corrected chi connectivity index (χ1v) is 8.38. The summed E-state index contributed by atoms with van der Waals surface area (Å²) in [7, 11) is 0. The second-order valence-electron chi connectivity index (χ2n) is 6.78. The van der Waals surface area contributed by atoms with Crippen molar-refractivity contribution in [1.29, 1.82) is 0 Å². The lowest BCUT2D eigenvalue weighted by Crippen LogP contribution is -2.55. The Labute approximate surface area is 142 Å². The first-order valence-electron chi connectivity index (χ1n) is 8.38. The molecule has 2 aliphatic rings. The molecular weight excluding hydrogens is 308 g/mol. The molecule has 6 nitrogen and oxygen atoms in total. The molecule has 0 spiro atoms. The molecule has 3 atom stereocenters. The van der Waals surface area contributed by atoms with Gasteiger partial charge in [-0.3, -0.25) is 9.59 Å². The number of hydrogen-bond acceptors (Lipinski definition) is 4. The average molecular weight is 332 g/mol. The first kappa shape index (κ1) is 16.9. The fraction of sp³-hybridized carbons (Fsp3) is 0.556. The third-order valence-corrected chi connectivity index (χ3v) is 4.57. The van der Waals surface area contributed by atoms with Crippen LogP contribution >= 0.6 is 0 Å². The minimum absolute atomic E-state index is 0.141. The van der Waals surface area contributed by atoms with E-state index in [1.807, 2.05) is 44.2 Å². The number of nitrogens with one attached hydrogen (secondary N) is 1. The monoisotopic (exact) mass is 332 g/mol. The number of rotatable bonds is 4. The van der Waals surface area contributed by atoms with E-state index in [0.717, 1.165) is 18.4 Å². The molecule has 130 valence electrons. The Hall–Kier alpha value is -1.92. The summed E-state index contributed by atoms with van der Waals surface area (Å²) in [5.41, 5.74) is 0.998. The number of nitrogens with zero attached hydrogens (tertiary/aromatic N) is 1. The van der Waals surface area contributed by atoms with Gasteiger partial charge in [0.1, 0.15) is 12.1 Å². The topological polar surface area (TPSA) is 67.9 Å². The number of benzene rings is 1. The summed E-state index contributed by atoms with van der Waals surface area (Å²) in [5, 5.41) is 3.02. The summed E-state index contributed by atoms with van der Waals surface area (Å²) in [6.45, 7) is 4.73. The molecule has 1 aromatic rings. The van der Waals surface area contributed by atoms with Crippen molar-refractivity contribution >= 4 is 12.3 Å². The normalized spacial score (nSPS) is 29.2. The van der Waals surface area contributed by atoms with Gasteiger partial charge in [-0.15, -0.1) is 0 Å². The molecule has 0 saturated carbocycles. The molecule has 0 unspecified atom stereocenters. The van der Waals surface area contributed by atoms with E-state index in [1.54, 1.807) is 4.90 Å². The van der Waals surface area contributed by atoms with Crippen molar-refractivity contribution in [2.75, 3.05) is 13.2 Å². The molecule has 2 fully saturated rings. The Morgan fingerprint density at radius 2 is 2.08 bits per heavy atom. The molecule has 1 aromatic carbocycles. The van der Waals surface area contributed by atoms with Crippen molar-refractivity contribution in [1.82, 2.24) is 10.2 Å². The van der Waals surface area contributed by atoms with Crippen LogP contribution in [0.4, 0.5) is 0 Å². The molecule has 24 heavy (non-hydrogen) atoms. The lowest BCUT2D eigenvalue weighted by atomic mass is 10.00. The highest BCUT2D eigenvalue weighted by Gasteiger charge is 2.40. The van der Waals surface area contributed by atoms with Crippen molar-refractivity contribution in [2.24, 2.45) is 0 Å². The van der Waals surface area contributed by atoms with Gasteiger partial charge in [-0.05, 0) is 32.3 Å². The molecule has 0 aliphatic carbocycles. The standard InChI is InChI=1S/C18H24N2O4/c1-18(2)23-11-14(16(24-18)13-7-4-3-5-8-13)19-17(22)15-9-6-10-20(15)12-21/h3-5,7-8,12,14-16H,6,9-11H2,1-2H3,(H,19,22)/t14-,15+,16+/m1/s1. The summed E-state index contributed by atoms with van der Waals surface area (Å²) in [6.07, 6.45) is 2.01. The largest absolute Gasteiger partial charge is 0.348 e. The molecule has 6 heteroatoms. The van der Waals surface area contributed by atoms with Crippen molar-refractivity contribution in [3.8, 4) is 0 Å². The zero-order valence-electron chi connectivity index (χ0n) is 14.1. The van der Waals surface area contributed by atoms with E-state index in [2.05, 4.69) is 5.32 Å². The zero-order valence-corrected chi connectivity index (χ0v) is 14.1. The summed E-state index contributed by atoms with van der Waals surface area (Å²) in [6, 6.07) is 9.13. The quantitative estimate of drug-likeness (QED) is 0.851. The van der Waals surface area contributed by atoms with Crippen LogP contribution in [-0.2, 0) is 19.1 Å². The summed E-state index contributed by atoms with van der Waals surface area (Å²) in [4.78, 5) is 25.2. The van der Waals surface area contributed by atoms with E-state index < -0.39 is 11.8 Å². The number of carbonyl (C=O) groups is 2. The zero-order chi connectivity index (χ0) is 17.2. The molecule has 3 rings (SSSR count). The summed E-state index contributed by atoms with van der Waals surface area (Å²) < 4.78 is 11.8. The van der Waals surface area contributed by atoms with E-state index in [-0.39, 0.29) is 18.1 Å².